The minimum Gasteiger partial charge on any atom is -0.503 e. The van der Waals surface area contributed by atoms with Crippen molar-refractivity contribution in [2.24, 2.45) is 5.18 Å². The van der Waals surface area contributed by atoms with Gasteiger partial charge >= 0.3 is 0 Å². The van der Waals surface area contributed by atoms with Crippen LogP contribution in [0, 0.1) is 4.91 Å². The third-order valence-corrected chi connectivity index (χ3v) is 1.84. The number of aromatic hydroxyl groups is 2. The smallest absolute Gasteiger partial charge is 0.233 e. The number of hydrogen-bond acceptors (Lipinski definition) is 4. The van der Waals surface area contributed by atoms with Gasteiger partial charge in [0.25, 0.3) is 0 Å². The first kappa shape index (κ1) is 7.60. The first-order valence-corrected chi connectivity index (χ1v) is 3.59. The molecule has 0 aliphatic carbocycles. The van der Waals surface area contributed by atoms with Crippen LogP contribution in [-0.4, -0.2) is 15.2 Å². The molecule has 0 spiro atoms. The maximum absolute atomic E-state index is 10.2. The quantitative estimate of drug-likeness (QED) is 0.583. The van der Waals surface area contributed by atoms with Crippen molar-refractivity contribution < 1.29 is 10.2 Å². The predicted molar refractivity (Wildman–Crippen MR) is 47.1 cm³/mol. The maximum Gasteiger partial charge on any atom is 0.233 e. The minimum atomic E-state index is -0.307. The number of nitroso groups, excluding NO2 is 1. The van der Waals surface area contributed by atoms with Gasteiger partial charge in [-0.15, -0.1) is 4.91 Å². The normalized spacial score (nSPS) is 10.5. The Balaban J connectivity index is 2.81. The van der Waals surface area contributed by atoms with Gasteiger partial charge in [-0.05, 0) is 23.4 Å². The first-order chi connectivity index (χ1) is 6.22. The third kappa shape index (κ3) is 1.01. The zero-order valence-corrected chi connectivity index (χ0v) is 6.48. The van der Waals surface area contributed by atoms with E-state index in [1.165, 1.54) is 12.1 Å². The van der Waals surface area contributed by atoms with Crippen molar-refractivity contribution in [1.29, 1.82) is 0 Å². The highest BCUT2D eigenvalue weighted by molar-refractivity contribution is 5.90. The maximum atomic E-state index is 10.2. The fraction of sp³-hybridized carbons (Fsp3) is 0. The molecule has 2 aromatic rings. The van der Waals surface area contributed by atoms with Crippen LogP contribution < -0.4 is 0 Å². The highest BCUT2D eigenvalue weighted by Crippen LogP contribution is 2.35. The molecule has 0 aliphatic rings. The lowest BCUT2D eigenvalue weighted by atomic mass is 10.2. The van der Waals surface area contributed by atoms with Gasteiger partial charge in [-0.1, -0.05) is 0 Å². The summed E-state index contributed by atoms with van der Waals surface area (Å²) in [7, 11) is 0. The summed E-state index contributed by atoms with van der Waals surface area (Å²) in [4.78, 5) is 12.7. The zero-order valence-electron chi connectivity index (χ0n) is 6.48. The lowest BCUT2D eigenvalue weighted by Crippen LogP contribution is -1.66. The lowest BCUT2D eigenvalue weighted by Gasteiger charge is -1.90. The van der Waals surface area contributed by atoms with E-state index < -0.39 is 0 Å². The van der Waals surface area contributed by atoms with Crippen LogP contribution in [0.3, 0.4) is 0 Å². The van der Waals surface area contributed by atoms with Gasteiger partial charge < -0.3 is 15.2 Å². The molecule has 0 bridgehead atoms. The largest absolute Gasteiger partial charge is 0.503 e. The van der Waals surface area contributed by atoms with Crippen LogP contribution in [0.25, 0.3) is 10.9 Å². The first-order valence-electron chi connectivity index (χ1n) is 3.59. The van der Waals surface area contributed by atoms with Crippen molar-refractivity contribution in [2.75, 3.05) is 0 Å². The van der Waals surface area contributed by atoms with Crippen molar-refractivity contribution in [3.63, 3.8) is 0 Å². The molecule has 0 saturated heterocycles. The number of fused-ring (bicyclic) bond motifs is 1. The summed E-state index contributed by atoms with van der Waals surface area (Å²) in [5.41, 5.74) is 0.768. The van der Waals surface area contributed by atoms with E-state index >= 15 is 0 Å². The van der Waals surface area contributed by atoms with Gasteiger partial charge in [-0.2, -0.15) is 0 Å². The van der Waals surface area contributed by atoms with Gasteiger partial charge in [-0.25, -0.2) is 0 Å². The van der Waals surface area contributed by atoms with E-state index in [1.807, 2.05) is 0 Å². The van der Waals surface area contributed by atoms with Crippen LogP contribution >= 0.6 is 0 Å². The average molecular weight is 178 g/mol. The minimum absolute atomic E-state index is 0.210. The Morgan fingerprint density at radius 3 is 2.77 bits per heavy atom. The fourth-order valence-corrected chi connectivity index (χ4v) is 1.21. The Labute approximate surface area is 72.6 Å². The lowest BCUT2D eigenvalue weighted by molar-refractivity contribution is 0.398. The van der Waals surface area contributed by atoms with E-state index in [-0.39, 0.29) is 17.3 Å². The van der Waals surface area contributed by atoms with Crippen LogP contribution in [0.15, 0.2) is 23.4 Å². The van der Waals surface area contributed by atoms with E-state index in [9.17, 15) is 10.0 Å². The number of nitrogens with zero attached hydrogens (tertiary/aromatic N) is 1. The number of nitrogens with one attached hydrogen (secondary N) is 1. The summed E-state index contributed by atoms with van der Waals surface area (Å²) in [6.45, 7) is 0. The number of hydrogen-bond donors (Lipinski definition) is 3. The second-order valence-electron chi connectivity index (χ2n) is 2.64. The number of aromatic amines is 1. The van der Waals surface area contributed by atoms with Crippen LogP contribution in [-0.2, 0) is 0 Å². The van der Waals surface area contributed by atoms with Crippen molar-refractivity contribution in [3.8, 4) is 11.6 Å². The number of aromatic nitrogens is 1. The standard InChI is InChI=1S/C8H6N2O3/c11-7-5-3-4(10-13)1-2-6(5)9-8(7)12/h1-3,9,11-12H. The highest BCUT2D eigenvalue weighted by Gasteiger charge is 2.09. The molecule has 0 unspecified atom stereocenters. The molecule has 5 nitrogen and oxygen atoms in total. The summed E-state index contributed by atoms with van der Waals surface area (Å²) in [5, 5.41) is 21.5. The molecule has 0 atom stereocenters. The van der Waals surface area contributed by atoms with E-state index in [4.69, 9.17) is 5.11 Å². The van der Waals surface area contributed by atoms with Crippen LogP contribution in [0.2, 0.25) is 0 Å². The topological polar surface area (TPSA) is 85.7 Å². The van der Waals surface area contributed by atoms with Crippen molar-refractivity contribution in [1.82, 2.24) is 4.98 Å². The summed E-state index contributed by atoms with van der Waals surface area (Å²) in [6.07, 6.45) is 0. The summed E-state index contributed by atoms with van der Waals surface area (Å²) in [5.74, 6) is -0.571. The molecule has 0 fully saturated rings. The molecule has 0 radical (unpaired) electrons. The molecule has 5 heteroatoms. The summed E-state index contributed by atoms with van der Waals surface area (Å²) < 4.78 is 0. The molecule has 0 aliphatic heterocycles. The Bertz CT molecular complexity index is 475. The van der Waals surface area contributed by atoms with Gasteiger partial charge in [0.15, 0.2) is 5.75 Å². The molecule has 0 saturated carbocycles. The molecule has 1 aromatic carbocycles. The molecule has 1 heterocycles. The third-order valence-electron chi connectivity index (χ3n) is 1.84. The SMILES string of the molecule is O=Nc1ccc2[nH]c(O)c(O)c2c1. The van der Waals surface area contributed by atoms with Gasteiger partial charge in [0, 0.05) is 5.39 Å². The zero-order chi connectivity index (χ0) is 9.42. The van der Waals surface area contributed by atoms with Crippen LogP contribution in [0.5, 0.6) is 11.6 Å². The Morgan fingerprint density at radius 1 is 1.31 bits per heavy atom. The molecule has 2 rings (SSSR count). The second kappa shape index (κ2) is 2.48. The van der Waals surface area contributed by atoms with Gasteiger partial charge in [0.05, 0.1) is 5.52 Å². The monoisotopic (exact) mass is 178 g/mol. The number of benzene rings is 1. The summed E-state index contributed by atoms with van der Waals surface area (Å²) >= 11 is 0. The predicted octanol–water partition coefficient (Wildman–Crippen LogP) is 1.98. The Morgan fingerprint density at radius 2 is 2.08 bits per heavy atom. The van der Waals surface area contributed by atoms with Gasteiger partial charge in [0.1, 0.15) is 5.69 Å². The van der Waals surface area contributed by atoms with Crippen molar-refractivity contribution >= 4 is 16.6 Å². The van der Waals surface area contributed by atoms with Crippen molar-refractivity contribution in [2.45, 2.75) is 0 Å². The number of H-pyrrole nitrogens is 1. The Hall–Kier alpha value is -2.04. The van der Waals surface area contributed by atoms with Crippen molar-refractivity contribution in [3.05, 3.63) is 23.1 Å². The van der Waals surface area contributed by atoms with Gasteiger partial charge in [0.2, 0.25) is 5.88 Å². The second-order valence-corrected chi connectivity index (χ2v) is 2.64. The highest BCUT2D eigenvalue weighted by atomic mass is 16.3. The van der Waals surface area contributed by atoms with Gasteiger partial charge in [-0.3, -0.25) is 0 Å². The summed E-state index contributed by atoms with van der Waals surface area (Å²) in [6, 6.07) is 4.45. The van der Waals surface area contributed by atoms with E-state index in [2.05, 4.69) is 10.2 Å². The molecule has 66 valence electrons. The van der Waals surface area contributed by atoms with Crippen LogP contribution in [0.4, 0.5) is 5.69 Å². The molecule has 0 amide bonds. The van der Waals surface area contributed by atoms with Crippen LogP contribution in [0.1, 0.15) is 0 Å². The Kier molecular flexibility index (Phi) is 1.45. The molecule has 3 N–H and O–H groups in total. The fourth-order valence-electron chi connectivity index (χ4n) is 1.21. The molecule has 1 aromatic heterocycles. The molecular weight excluding hydrogens is 172 g/mol. The number of rotatable bonds is 1. The van der Waals surface area contributed by atoms with E-state index in [0.29, 0.717) is 10.9 Å². The van der Waals surface area contributed by atoms with E-state index in [0.717, 1.165) is 0 Å². The molecular formula is C8H6N2O3. The molecule has 13 heavy (non-hydrogen) atoms. The van der Waals surface area contributed by atoms with E-state index in [1.54, 1.807) is 6.07 Å². The average Bonchev–Trinajstić information content (AvgIpc) is 2.43.